The summed E-state index contributed by atoms with van der Waals surface area (Å²) in [6.45, 7) is 3.39. The molecule has 1 aromatic heterocycles. The van der Waals surface area contributed by atoms with E-state index in [1.165, 1.54) is 0 Å². The zero-order valence-corrected chi connectivity index (χ0v) is 11.7. The molecule has 4 nitrogen and oxygen atoms in total. The van der Waals surface area contributed by atoms with Crippen LogP contribution in [0.3, 0.4) is 0 Å². The van der Waals surface area contributed by atoms with Crippen molar-refractivity contribution >= 4 is 21.8 Å². The second-order valence-corrected chi connectivity index (χ2v) is 5.51. The molecular weight excluding hydrogens is 284 g/mol. The minimum atomic E-state index is -0.404. The topological polar surface area (TPSA) is 45.5 Å². The predicted octanol–water partition coefficient (Wildman–Crippen LogP) is 2.14. The van der Waals surface area contributed by atoms with Crippen LogP contribution in [0.5, 0.6) is 0 Å². The van der Waals surface area contributed by atoms with Crippen molar-refractivity contribution in [1.29, 1.82) is 0 Å². The smallest absolute Gasteiger partial charge is 0.242 e. The molecule has 0 radical (unpaired) electrons. The molecule has 17 heavy (non-hydrogen) atoms. The first-order chi connectivity index (χ1) is 8.01. The summed E-state index contributed by atoms with van der Waals surface area (Å²) in [4.78, 5) is 14.0. The number of amides is 1. The van der Waals surface area contributed by atoms with Crippen molar-refractivity contribution in [1.82, 2.24) is 10.2 Å². The zero-order valence-electron chi connectivity index (χ0n) is 10.1. The normalized spacial score (nSPS) is 23.9. The molecule has 2 rings (SSSR count). The lowest BCUT2D eigenvalue weighted by atomic mass is 9.98. The molecular formula is C12H17BrN2O2. The number of hydrogen-bond donors (Lipinski definition) is 1. The van der Waals surface area contributed by atoms with Gasteiger partial charge in [-0.05, 0) is 54.4 Å². The summed E-state index contributed by atoms with van der Waals surface area (Å²) in [6, 6.07) is 3.71. The number of halogens is 1. The van der Waals surface area contributed by atoms with Gasteiger partial charge < -0.3 is 14.6 Å². The van der Waals surface area contributed by atoms with Crippen LogP contribution in [0.1, 0.15) is 25.5 Å². The molecule has 1 N–H and O–H groups in total. The summed E-state index contributed by atoms with van der Waals surface area (Å²) >= 11 is 3.25. The Kier molecular flexibility index (Phi) is 3.58. The van der Waals surface area contributed by atoms with E-state index in [1.807, 2.05) is 26.1 Å². The van der Waals surface area contributed by atoms with Crippen molar-refractivity contribution in [3.63, 3.8) is 0 Å². The van der Waals surface area contributed by atoms with Gasteiger partial charge in [0.15, 0.2) is 4.67 Å². The first-order valence-electron chi connectivity index (χ1n) is 5.76. The third kappa shape index (κ3) is 2.72. The molecule has 0 aliphatic carbocycles. The molecule has 1 fully saturated rings. The van der Waals surface area contributed by atoms with Gasteiger partial charge in [-0.2, -0.15) is 0 Å². The van der Waals surface area contributed by atoms with Gasteiger partial charge in [0, 0.05) is 7.05 Å². The largest absolute Gasteiger partial charge is 0.452 e. The SMILES string of the molecule is CN(Cc1ccc(Br)o1)C(=O)C1(C)CCCN1. The van der Waals surface area contributed by atoms with Crippen LogP contribution in [-0.4, -0.2) is 29.9 Å². The van der Waals surface area contributed by atoms with E-state index in [-0.39, 0.29) is 5.91 Å². The third-order valence-corrected chi connectivity index (χ3v) is 3.64. The quantitative estimate of drug-likeness (QED) is 0.930. The van der Waals surface area contributed by atoms with Gasteiger partial charge in [-0.3, -0.25) is 4.79 Å². The van der Waals surface area contributed by atoms with E-state index >= 15 is 0 Å². The standard InChI is InChI=1S/C12H17BrN2O2/c1-12(6-3-7-14-12)11(16)15(2)8-9-4-5-10(13)17-9/h4-5,14H,3,6-8H2,1-2H3. The Hall–Kier alpha value is -0.810. The highest BCUT2D eigenvalue weighted by Gasteiger charge is 2.37. The van der Waals surface area contributed by atoms with Gasteiger partial charge in [-0.25, -0.2) is 0 Å². The van der Waals surface area contributed by atoms with Crippen LogP contribution in [0, 0.1) is 0 Å². The Morgan fingerprint density at radius 2 is 2.41 bits per heavy atom. The van der Waals surface area contributed by atoms with Crippen LogP contribution in [0.4, 0.5) is 0 Å². The Morgan fingerprint density at radius 1 is 1.65 bits per heavy atom. The number of likely N-dealkylation sites (N-methyl/N-ethyl adjacent to an activating group) is 1. The number of rotatable bonds is 3. The summed E-state index contributed by atoms with van der Waals surface area (Å²) in [5, 5.41) is 3.27. The lowest BCUT2D eigenvalue weighted by Crippen LogP contribution is -2.51. The van der Waals surface area contributed by atoms with Crippen molar-refractivity contribution in [3.8, 4) is 0 Å². The molecule has 1 atom stereocenters. The summed E-state index contributed by atoms with van der Waals surface area (Å²) in [5.74, 6) is 0.914. The molecule has 1 aromatic rings. The van der Waals surface area contributed by atoms with Crippen LogP contribution in [-0.2, 0) is 11.3 Å². The molecule has 1 unspecified atom stereocenters. The Morgan fingerprint density at radius 3 is 2.94 bits per heavy atom. The van der Waals surface area contributed by atoms with Gasteiger partial charge in [-0.1, -0.05) is 0 Å². The highest BCUT2D eigenvalue weighted by atomic mass is 79.9. The van der Waals surface area contributed by atoms with E-state index in [0.29, 0.717) is 11.2 Å². The third-order valence-electron chi connectivity index (χ3n) is 3.21. The van der Waals surface area contributed by atoms with E-state index in [2.05, 4.69) is 21.2 Å². The lowest BCUT2D eigenvalue weighted by Gasteiger charge is -2.28. The first kappa shape index (κ1) is 12.6. The molecule has 0 aromatic carbocycles. The molecule has 0 spiro atoms. The molecule has 2 heterocycles. The molecule has 1 amide bonds. The van der Waals surface area contributed by atoms with E-state index in [9.17, 15) is 4.79 Å². The maximum atomic E-state index is 12.3. The van der Waals surface area contributed by atoms with Gasteiger partial charge in [0.1, 0.15) is 5.76 Å². The van der Waals surface area contributed by atoms with Crippen LogP contribution in [0.2, 0.25) is 0 Å². The van der Waals surface area contributed by atoms with Crippen LogP contribution in [0.15, 0.2) is 21.2 Å². The Balaban J connectivity index is 2.00. The minimum absolute atomic E-state index is 0.127. The summed E-state index contributed by atoms with van der Waals surface area (Å²) in [6.07, 6.45) is 1.96. The number of furan rings is 1. The van der Waals surface area contributed by atoms with E-state index < -0.39 is 5.54 Å². The maximum Gasteiger partial charge on any atom is 0.242 e. The van der Waals surface area contributed by atoms with Gasteiger partial charge in [0.05, 0.1) is 12.1 Å². The van der Waals surface area contributed by atoms with E-state index in [1.54, 1.807) is 4.90 Å². The second-order valence-electron chi connectivity index (χ2n) is 4.73. The first-order valence-corrected chi connectivity index (χ1v) is 6.55. The fraction of sp³-hybridized carbons (Fsp3) is 0.583. The monoisotopic (exact) mass is 300 g/mol. The van der Waals surface area contributed by atoms with Gasteiger partial charge in [0.2, 0.25) is 5.91 Å². The van der Waals surface area contributed by atoms with Crippen LogP contribution >= 0.6 is 15.9 Å². The average Bonchev–Trinajstić information content (AvgIpc) is 2.88. The number of carbonyl (C=O) groups excluding carboxylic acids is 1. The molecule has 0 saturated carbocycles. The lowest BCUT2D eigenvalue weighted by molar-refractivity contribution is -0.136. The number of nitrogens with one attached hydrogen (secondary N) is 1. The van der Waals surface area contributed by atoms with Crippen molar-refractivity contribution in [2.24, 2.45) is 0 Å². The molecule has 1 saturated heterocycles. The number of carbonyl (C=O) groups is 1. The van der Waals surface area contributed by atoms with Gasteiger partial charge in [-0.15, -0.1) is 0 Å². The Bertz CT molecular complexity index is 410. The van der Waals surface area contributed by atoms with Crippen molar-refractivity contribution in [2.45, 2.75) is 31.8 Å². The van der Waals surface area contributed by atoms with Crippen molar-refractivity contribution in [2.75, 3.05) is 13.6 Å². The highest BCUT2D eigenvalue weighted by Crippen LogP contribution is 2.22. The zero-order chi connectivity index (χ0) is 12.5. The molecule has 5 heteroatoms. The summed E-state index contributed by atoms with van der Waals surface area (Å²) < 4.78 is 6.10. The average molecular weight is 301 g/mol. The predicted molar refractivity (Wildman–Crippen MR) is 68.5 cm³/mol. The Labute approximate surface area is 109 Å². The second kappa shape index (κ2) is 4.82. The minimum Gasteiger partial charge on any atom is -0.452 e. The molecule has 94 valence electrons. The fourth-order valence-electron chi connectivity index (χ4n) is 2.24. The number of nitrogens with zero attached hydrogens (tertiary/aromatic N) is 1. The van der Waals surface area contributed by atoms with Crippen molar-refractivity contribution < 1.29 is 9.21 Å². The number of hydrogen-bond acceptors (Lipinski definition) is 3. The maximum absolute atomic E-state index is 12.3. The van der Waals surface area contributed by atoms with Gasteiger partial charge in [0.25, 0.3) is 0 Å². The summed E-state index contributed by atoms with van der Waals surface area (Å²) in [5.41, 5.74) is -0.404. The fourth-order valence-corrected chi connectivity index (χ4v) is 2.58. The van der Waals surface area contributed by atoms with E-state index in [0.717, 1.165) is 25.1 Å². The van der Waals surface area contributed by atoms with Crippen LogP contribution in [0.25, 0.3) is 0 Å². The summed E-state index contributed by atoms with van der Waals surface area (Å²) in [7, 11) is 1.81. The van der Waals surface area contributed by atoms with Crippen molar-refractivity contribution in [3.05, 3.63) is 22.6 Å². The highest BCUT2D eigenvalue weighted by molar-refractivity contribution is 9.10. The molecule has 1 aliphatic heterocycles. The molecule has 1 aliphatic rings. The van der Waals surface area contributed by atoms with E-state index in [4.69, 9.17) is 4.42 Å². The molecule has 0 bridgehead atoms. The van der Waals surface area contributed by atoms with Gasteiger partial charge >= 0.3 is 0 Å². The van der Waals surface area contributed by atoms with Crippen LogP contribution < -0.4 is 5.32 Å².